The summed E-state index contributed by atoms with van der Waals surface area (Å²) >= 11 is 0. The molecule has 1 atom stereocenters. The third-order valence-corrected chi connectivity index (χ3v) is 3.98. The third kappa shape index (κ3) is 2.55. The van der Waals surface area contributed by atoms with Gasteiger partial charge < -0.3 is 5.32 Å². The van der Waals surface area contributed by atoms with Crippen molar-refractivity contribution in [3.63, 3.8) is 0 Å². The highest BCUT2D eigenvalue weighted by Crippen LogP contribution is 2.30. The molecule has 0 saturated carbocycles. The molecule has 0 bridgehead atoms. The molecule has 0 saturated heterocycles. The number of nitrogens with one attached hydrogen (secondary N) is 1. The van der Waals surface area contributed by atoms with Crippen LogP contribution in [0.3, 0.4) is 0 Å². The molecule has 3 rings (SSSR count). The third-order valence-electron chi connectivity index (χ3n) is 3.98. The van der Waals surface area contributed by atoms with Crippen molar-refractivity contribution in [2.75, 3.05) is 7.05 Å². The minimum atomic E-state index is 0.179. The van der Waals surface area contributed by atoms with Crippen molar-refractivity contribution in [3.05, 3.63) is 77.0 Å². The summed E-state index contributed by atoms with van der Waals surface area (Å²) in [7, 11) is 2.02. The molecule has 21 heavy (non-hydrogen) atoms. The van der Waals surface area contributed by atoms with Gasteiger partial charge in [0, 0.05) is 11.1 Å². The van der Waals surface area contributed by atoms with Crippen LogP contribution >= 0.6 is 0 Å². The lowest BCUT2D eigenvalue weighted by Crippen LogP contribution is -2.19. The minimum absolute atomic E-state index is 0.179. The van der Waals surface area contributed by atoms with Crippen LogP contribution < -0.4 is 5.32 Å². The van der Waals surface area contributed by atoms with Gasteiger partial charge in [-0.2, -0.15) is 0 Å². The average molecular weight is 276 g/mol. The number of benzene rings is 2. The van der Waals surface area contributed by atoms with Crippen LogP contribution in [0.5, 0.6) is 0 Å². The molecule has 2 nitrogen and oxygen atoms in total. The predicted octanol–water partition coefficient (Wildman–Crippen LogP) is 4.16. The van der Waals surface area contributed by atoms with Crippen molar-refractivity contribution >= 4 is 10.9 Å². The molecule has 0 amide bonds. The zero-order chi connectivity index (χ0) is 14.8. The monoisotopic (exact) mass is 276 g/mol. The fourth-order valence-corrected chi connectivity index (χ4v) is 2.97. The Kier molecular flexibility index (Phi) is 3.72. The van der Waals surface area contributed by atoms with E-state index in [1.165, 1.54) is 22.1 Å². The molecule has 106 valence electrons. The molecule has 1 N–H and O–H groups in total. The van der Waals surface area contributed by atoms with E-state index in [0.29, 0.717) is 0 Å². The van der Waals surface area contributed by atoms with Crippen molar-refractivity contribution in [2.45, 2.75) is 19.9 Å². The first-order valence-corrected chi connectivity index (χ1v) is 7.30. The zero-order valence-corrected chi connectivity index (χ0v) is 12.7. The largest absolute Gasteiger partial charge is 0.309 e. The van der Waals surface area contributed by atoms with Gasteiger partial charge in [0.15, 0.2) is 0 Å². The van der Waals surface area contributed by atoms with Crippen LogP contribution in [-0.4, -0.2) is 12.0 Å². The van der Waals surface area contributed by atoms with Crippen molar-refractivity contribution in [1.29, 1.82) is 0 Å². The van der Waals surface area contributed by atoms with Gasteiger partial charge in [-0.25, -0.2) is 0 Å². The number of hydrogen-bond donors (Lipinski definition) is 1. The Labute approximate surface area is 125 Å². The summed E-state index contributed by atoms with van der Waals surface area (Å²) in [5, 5.41) is 4.68. The fourth-order valence-electron chi connectivity index (χ4n) is 2.97. The second kappa shape index (κ2) is 5.66. The minimum Gasteiger partial charge on any atom is -0.309 e. The molecular formula is C19H20N2. The van der Waals surface area contributed by atoms with Crippen molar-refractivity contribution in [2.24, 2.45) is 0 Å². The molecule has 0 aliphatic carbocycles. The van der Waals surface area contributed by atoms with Gasteiger partial charge in [-0.3, -0.25) is 4.98 Å². The van der Waals surface area contributed by atoms with Crippen LogP contribution in [0.4, 0.5) is 0 Å². The fraction of sp³-hybridized carbons (Fsp3) is 0.211. The molecule has 1 aromatic heterocycles. The standard InChI is InChI=1S/C19H20N2/c1-13-8-4-5-9-15(13)19(20-3)17-12-14(2)21-18-11-7-6-10-16(17)18/h4-12,19-20H,1-3H3. The summed E-state index contributed by atoms with van der Waals surface area (Å²) < 4.78 is 0. The van der Waals surface area contributed by atoms with Crippen LogP contribution in [0.1, 0.15) is 28.4 Å². The second-order valence-electron chi connectivity index (χ2n) is 5.45. The van der Waals surface area contributed by atoms with E-state index in [1.807, 2.05) is 13.1 Å². The number of aromatic nitrogens is 1. The van der Waals surface area contributed by atoms with Gasteiger partial charge in [0.1, 0.15) is 0 Å². The molecule has 0 fully saturated rings. The first-order chi connectivity index (χ1) is 10.2. The Morgan fingerprint density at radius 3 is 2.38 bits per heavy atom. The smallest absolute Gasteiger partial charge is 0.0708 e. The quantitative estimate of drug-likeness (QED) is 0.777. The Hall–Kier alpha value is -2.19. The summed E-state index contributed by atoms with van der Waals surface area (Å²) in [6, 6.07) is 19.3. The summed E-state index contributed by atoms with van der Waals surface area (Å²) in [6.07, 6.45) is 0. The molecule has 2 heteroatoms. The highest BCUT2D eigenvalue weighted by molar-refractivity contribution is 5.83. The summed E-state index contributed by atoms with van der Waals surface area (Å²) in [4.78, 5) is 4.64. The molecule has 1 unspecified atom stereocenters. The van der Waals surface area contributed by atoms with E-state index in [0.717, 1.165) is 11.2 Å². The van der Waals surface area contributed by atoms with Crippen LogP contribution in [-0.2, 0) is 0 Å². The maximum Gasteiger partial charge on any atom is 0.0708 e. The van der Waals surface area contributed by atoms with E-state index >= 15 is 0 Å². The van der Waals surface area contributed by atoms with E-state index in [1.54, 1.807) is 0 Å². The lowest BCUT2D eigenvalue weighted by Gasteiger charge is -2.21. The molecule has 0 aliphatic rings. The van der Waals surface area contributed by atoms with Gasteiger partial charge in [0.25, 0.3) is 0 Å². The summed E-state index contributed by atoms with van der Waals surface area (Å²) in [5.41, 5.74) is 6.01. The van der Waals surface area contributed by atoms with Gasteiger partial charge in [-0.05, 0) is 49.7 Å². The lowest BCUT2D eigenvalue weighted by molar-refractivity contribution is 0.691. The van der Waals surface area contributed by atoms with Crippen LogP contribution in [0.2, 0.25) is 0 Å². The molecule has 0 spiro atoms. The van der Waals surface area contributed by atoms with Crippen molar-refractivity contribution < 1.29 is 0 Å². The van der Waals surface area contributed by atoms with Crippen molar-refractivity contribution in [1.82, 2.24) is 10.3 Å². The first kappa shape index (κ1) is 13.8. The number of para-hydroxylation sites is 1. The highest BCUT2D eigenvalue weighted by atomic mass is 14.9. The molecule has 0 radical (unpaired) electrons. The molecule has 3 aromatic rings. The normalized spacial score (nSPS) is 12.5. The lowest BCUT2D eigenvalue weighted by atomic mass is 9.92. The predicted molar refractivity (Wildman–Crippen MR) is 88.6 cm³/mol. The SMILES string of the molecule is CNC(c1ccccc1C)c1cc(C)nc2ccccc12. The van der Waals surface area contributed by atoms with Crippen LogP contribution in [0.15, 0.2) is 54.6 Å². The van der Waals surface area contributed by atoms with Gasteiger partial charge in [0.2, 0.25) is 0 Å². The Balaban J connectivity index is 2.24. The maximum atomic E-state index is 4.64. The van der Waals surface area contributed by atoms with Gasteiger partial charge in [0.05, 0.1) is 11.6 Å². The number of fused-ring (bicyclic) bond motifs is 1. The van der Waals surface area contributed by atoms with E-state index < -0.39 is 0 Å². The van der Waals surface area contributed by atoms with Gasteiger partial charge in [-0.1, -0.05) is 42.5 Å². The zero-order valence-electron chi connectivity index (χ0n) is 12.7. The summed E-state index contributed by atoms with van der Waals surface area (Å²) in [5.74, 6) is 0. The van der Waals surface area contributed by atoms with E-state index in [2.05, 4.69) is 72.7 Å². The molecule has 0 aliphatic heterocycles. The number of aryl methyl sites for hydroxylation is 2. The highest BCUT2D eigenvalue weighted by Gasteiger charge is 2.17. The Morgan fingerprint density at radius 1 is 0.905 bits per heavy atom. The van der Waals surface area contributed by atoms with E-state index in [4.69, 9.17) is 0 Å². The molecule has 2 aromatic carbocycles. The second-order valence-corrected chi connectivity index (χ2v) is 5.45. The number of hydrogen-bond acceptors (Lipinski definition) is 2. The summed E-state index contributed by atoms with van der Waals surface area (Å²) in [6.45, 7) is 4.22. The average Bonchev–Trinajstić information content (AvgIpc) is 2.49. The van der Waals surface area contributed by atoms with E-state index in [9.17, 15) is 0 Å². The number of rotatable bonds is 3. The van der Waals surface area contributed by atoms with Crippen LogP contribution in [0.25, 0.3) is 10.9 Å². The van der Waals surface area contributed by atoms with Gasteiger partial charge in [-0.15, -0.1) is 0 Å². The molecule has 1 heterocycles. The first-order valence-electron chi connectivity index (χ1n) is 7.30. The van der Waals surface area contributed by atoms with Crippen LogP contribution in [0, 0.1) is 13.8 Å². The van der Waals surface area contributed by atoms with E-state index in [-0.39, 0.29) is 6.04 Å². The number of nitrogens with zero attached hydrogens (tertiary/aromatic N) is 1. The Morgan fingerprint density at radius 2 is 1.62 bits per heavy atom. The molecular weight excluding hydrogens is 256 g/mol. The topological polar surface area (TPSA) is 24.9 Å². The number of pyridine rings is 1. The Bertz CT molecular complexity index is 777. The van der Waals surface area contributed by atoms with Crippen molar-refractivity contribution in [3.8, 4) is 0 Å². The van der Waals surface area contributed by atoms with Gasteiger partial charge >= 0.3 is 0 Å². The maximum absolute atomic E-state index is 4.64.